The molecule has 0 unspecified atom stereocenters. The molecule has 1 aliphatic rings. The fraction of sp³-hybridized carbons (Fsp3) is 0.765. The summed E-state index contributed by atoms with van der Waals surface area (Å²) in [5.74, 6) is 0.977. The lowest BCUT2D eigenvalue weighted by atomic mass is 10.1. The second kappa shape index (κ2) is 9.33. The monoisotopic (exact) mass is 466 g/mol. The Bertz CT molecular complexity index is 545. The number of aromatic nitrogens is 1. The number of hydrogen-bond acceptors (Lipinski definition) is 4. The average molecular weight is 466 g/mol. The van der Waals surface area contributed by atoms with Crippen molar-refractivity contribution in [2.75, 3.05) is 20.1 Å². The van der Waals surface area contributed by atoms with E-state index in [1.54, 1.807) is 11.3 Å². The van der Waals surface area contributed by atoms with Crippen molar-refractivity contribution in [1.29, 1.82) is 0 Å². The third kappa shape index (κ3) is 6.48. The molecule has 1 fully saturated rings. The van der Waals surface area contributed by atoms with Gasteiger partial charge in [-0.15, -0.1) is 35.3 Å². The van der Waals surface area contributed by atoms with E-state index in [0.717, 1.165) is 49.1 Å². The lowest BCUT2D eigenvalue weighted by Gasteiger charge is -2.36. The number of piperidine rings is 1. The van der Waals surface area contributed by atoms with Crippen LogP contribution >= 0.6 is 35.3 Å². The van der Waals surface area contributed by atoms with Crippen molar-refractivity contribution in [2.24, 2.45) is 4.99 Å². The van der Waals surface area contributed by atoms with Crippen LogP contribution in [0, 0.1) is 13.8 Å². The molecule has 1 aromatic rings. The molecule has 1 saturated heterocycles. The van der Waals surface area contributed by atoms with Crippen LogP contribution < -0.4 is 5.32 Å². The van der Waals surface area contributed by atoms with Gasteiger partial charge in [0.25, 0.3) is 0 Å². The molecule has 2 rings (SSSR count). The van der Waals surface area contributed by atoms with Crippen molar-refractivity contribution in [1.82, 2.24) is 15.2 Å². The van der Waals surface area contributed by atoms with Crippen LogP contribution in [0.4, 0.5) is 0 Å². The van der Waals surface area contributed by atoms with Crippen LogP contribution in [0.3, 0.4) is 0 Å². The highest BCUT2D eigenvalue weighted by Crippen LogP contribution is 2.21. The fourth-order valence-electron chi connectivity index (χ4n) is 2.91. The third-order valence-electron chi connectivity index (χ3n) is 3.88. The van der Waals surface area contributed by atoms with Crippen molar-refractivity contribution in [3.05, 3.63) is 15.6 Å². The molecule has 0 radical (unpaired) electrons. The van der Waals surface area contributed by atoms with Gasteiger partial charge < -0.3 is 15.0 Å². The number of nitrogens with one attached hydrogen (secondary N) is 1. The van der Waals surface area contributed by atoms with Gasteiger partial charge in [-0.2, -0.15) is 0 Å². The lowest BCUT2D eigenvalue weighted by Crippen LogP contribution is -2.47. The molecule has 0 saturated carbocycles. The Labute approximate surface area is 167 Å². The molecular formula is C17H31IN4OS. The molecule has 24 heavy (non-hydrogen) atoms. The first-order chi connectivity index (χ1) is 10.8. The van der Waals surface area contributed by atoms with Gasteiger partial charge in [-0.05, 0) is 47.5 Å². The van der Waals surface area contributed by atoms with E-state index in [1.807, 2.05) is 7.05 Å². The van der Waals surface area contributed by atoms with Crippen molar-refractivity contribution < 1.29 is 4.74 Å². The summed E-state index contributed by atoms with van der Waals surface area (Å²) in [4.78, 5) is 12.5. The van der Waals surface area contributed by atoms with E-state index >= 15 is 0 Å². The maximum atomic E-state index is 6.09. The first-order valence-corrected chi connectivity index (χ1v) is 9.16. The van der Waals surface area contributed by atoms with E-state index in [4.69, 9.17) is 4.74 Å². The Morgan fingerprint density at radius 1 is 1.33 bits per heavy atom. The second-order valence-corrected chi connectivity index (χ2v) is 8.35. The summed E-state index contributed by atoms with van der Waals surface area (Å²) in [6.07, 6.45) is 2.46. The molecule has 0 aliphatic carbocycles. The van der Waals surface area contributed by atoms with E-state index in [0.29, 0.717) is 6.10 Å². The summed E-state index contributed by atoms with van der Waals surface area (Å²) in [5.41, 5.74) is 1.06. The van der Waals surface area contributed by atoms with Gasteiger partial charge in [-0.3, -0.25) is 4.99 Å². The number of ether oxygens (including phenoxy) is 1. The van der Waals surface area contributed by atoms with E-state index in [1.165, 1.54) is 4.88 Å². The van der Waals surface area contributed by atoms with Gasteiger partial charge in [0.1, 0.15) is 0 Å². The molecule has 138 valence electrons. The van der Waals surface area contributed by atoms with Crippen LogP contribution in [0.1, 0.15) is 49.2 Å². The van der Waals surface area contributed by atoms with Crippen LogP contribution in [-0.4, -0.2) is 47.7 Å². The maximum Gasteiger partial charge on any atom is 0.193 e. The van der Waals surface area contributed by atoms with Gasteiger partial charge in [0.2, 0.25) is 0 Å². The zero-order valence-electron chi connectivity index (χ0n) is 15.7. The zero-order chi connectivity index (χ0) is 17.0. The molecule has 7 heteroatoms. The molecule has 0 spiro atoms. The summed E-state index contributed by atoms with van der Waals surface area (Å²) < 4.78 is 6.09. The second-order valence-electron chi connectivity index (χ2n) is 7.06. The molecule has 0 aromatic carbocycles. The van der Waals surface area contributed by atoms with Gasteiger partial charge in [0, 0.05) is 25.0 Å². The number of hydrogen-bond donors (Lipinski definition) is 1. The number of aliphatic imine (C=N–C) groups is 1. The number of thiazole rings is 1. The van der Waals surface area contributed by atoms with E-state index in [-0.39, 0.29) is 29.6 Å². The van der Waals surface area contributed by atoms with Crippen molar-refractivity contribution in [3.8, 4) is 0 Å². The molecule has 0 bridgehead atoms. The summed E-state index contributed by atoms with van der Waals surface area (Å²) in [5, 5.41) is 4.60. The van der Waals surface area contributed by atoms with Crippen LogP contribution in [0.25, 0.3) is 0 Å². The number of rotatable bonds is 3. The van der Waals surface area contributed by atoms with Gasteiger partial charge in [0.05, 0.1) is 29.0 Å². The summed E-state index contributed by atoms with van der Waals surface area (Å²) in [6, 6.07) is 0. The first-order valence-electron chi connectivity index (χ1n) is 8.35. The molecule has 0 amide bonds. The van der Waals surface area contributed by atoms with Gasteiger partial charge >= 0.3 is 0 Å². The van der Waals surface area contributed by atoms with E-state index < -0.39 is 0 Å². The molecule has 5 nitrogen and oxygen atoms in total. The van der Waals surface area contributed by atoms with Crippen molar-refractivity contribution in [3.63, 3.8) is 0 Å². The molecular weight excluding hydrogens is 435 g/mol. The Morgan fingerprint density at radius 3 is 2.42 bits per heavy atom. The van der Waals surface area contributed by atoms with Gasteiger partial charge in [0.15, 0.2) is 5.96 Å². The highest BCUT2D eigenvalue weighted by molar-refractivity contribution is 14.0. The SMILES string of the molecule is CN=C(NCc1sc(C)nc1C)N1CCC(OC(C)(C)C)CC1.I. The third-order valence-corrected chi connectivity index (χ3v) is 4.95. The minimum absolute atomic E-state index is 0. The molecule has 0 atom stereocenters. The Morgan fingerprint density at radius 2 is 1.96 bits per heavy atom. The normalized spacial score (nSPS) is 16.9. The van der Waals surface area contributed by atoms with Crippen LogP contribution in [0.2, 0.25) is 0 Å². The summed E-state index contributed by atoms with van der Waals surface area (Å²) >= 11 is 1.75. The number of nitrogens with zero attached hydrogens (tertiary/aromatic N) is 3. The topological polar surface area (TPSA) is 49.8 Å². The fourth-order valence-corrected chi connectivity index (χ4v) is 3.79. The highest BCUT2D eigenvalue weighted by atomic mass is 127. The highest BCUT2D eigenvalue weighted by Gasteiger charge is 2.25. The number of guanidine groups is 1. The maximum absolute atomic E-state index is 6.09. The van der Waals surface area contributed by atoms with E-state index in [2.05, 4.69) is 54.8 Å². The van der Waals surface area contributed by atoms with E-state index in [9.17, 15) is 0 Å². The van der Waals surface area contributed by atoms with Crippen molar-refractivity contribution in [2.45, 2.75) is 65.7 Å². The van der Waals surface area contributed by atoms with Crippen LogP contribution in [0.15, 0.2) is 4.99 Å². The summed E-state index contributed by atoms with van der Waals surface area (Å²) in [7, 11) is 1.85. The average Bonchev–Trinajstić information content (AvgIpc) is 2.78. The summed E-state index contributed by atoms with van der Waals surface area (Å²) in [6.45, 7) is 13.3. The lowest BCUT2D eigenvalue weighted by molar-refractivity contribution is -0.0772. The largest absolute Gasteiger partial charge is 0.372 e. The number of aryl methyl sites for hydroxylation is 2. The Balaban J connectivity index is 0.00000288. The zero-order valence-corrected chi connectivity index (χ0v) is 18.8. The predicted octanol–water partition coefficient (Wildman–Crippen LogP) is 3.73. The molecule has 2 heterocycles. The molecule has 1 N–H and O–H groups in total. The first kappa shape index (κ1) is 21.6. The van der Waals surface area contributed by atoms with Gasteiger partial charge in [-0.1, -0.05) is 0 Å². The van der Waals surface area contributed by atoms with Gasteiger partial charge in [-0.25, -0.2) is 4.98 Å². The number of halogens is 1. The standard InChI is InChI=1S/C17H30N4OS.HI/c1-12-15(23-13(2)20-12)11-19-16(18-6)21-9-7-14(8-10-21)22-17(3,4)5;/h14H,7-11H2,1-6H3,(H,18,19);1H. The van der Waals surface area contributed by atoms with Crippen molar-refractivity contribution >= 4 is 41.3 Å². The predicted molar refractivity (Wildman–Crippen MR) is 113 cm³/mol. The van der Waals surface area contributed by atoms with Crippen LogP contribution in [-0.2, 0) is 11.3 Å². The molecule has 1 aromatic heterocycles. The smallest absolute Gasteiger partial charge is 0.193 e. The molecule has 1 aliphatic heterocycles. The Hall–Kier alpha value is -0.410. The quantitative estimate of drug-likeness (QED) is 0.419. The minimum atomic E-state index is -0.0612. The van der Waals surface area contributed by atoms with Crippen LogP contribution in [0.5, 0.6) is 0 Å². The minimum Gasteiger partial charge on any atom is -0.372 e. The Kier molecular flexibility index (Phi) is 8.41. The number of likely N-dealkylation sites (tertiary alicyclic amines) is 1.